The first-order valence-corrected chi connectivity index (χ1v) is 6.96. The van der Waals surface area contributed by atoms with Crippen LogP contribution in [0, 0.1) is 5.92 Å². The van der Waals surface area contributed by atoms with Crippen molar-refractivity contribution in [3.8, 4) is 0 Å². The van der Waals surface area contributed by atoms with Crippen LogP contribution in [0.5, 0.6) is 0 Å². The number of carboxylic acids is 1. The first-order chi connectivity index (χ1) is 9.58. The smallest absolute Gasteiger partial charge is 0.335 e. The number of fused-ring (bicyclic) bond motifs is 1. The lowest BCUT2D eigenvalue weighted by molar-refractivity contribution is -0.122. The van der Waals surface area contributed by atoms with Gasteiger partial charge in [-0.2, -0.15) is 0 Å². The average Bonchev–Trinajstić information content (AvgIpc) is 2.86. The topological polar surface area (TPSA) is 83.6 Å². The molecule has 1 aromatic rings. The third kappa shape index (κ3) is 2.67. The van der Waals surface area contributed by atoms with Crippen molar-refractivity contribution in [1.82, 2.24) is 0 Å². The van der Waals surface area contributed by atoms with Crippen LogP contribution in [0.25, 0.3) is 0 Å². The van der Waals surface area contributed by atoms with Gasteiger partial charge in [0, 0.05) is 18.8 Å². The molecule has 5 heteroatoms. The van der Waals surface area contributed by atoms with Crippen LogP contribution in [0.4, 0.5) is 5.69 Å². The predicted molar refractivity (Wildman–Crippen MR) is 76.9 cm³/mol. The van der Waals surface area contributed by atoms with Crippen molar-refractivity contribution < 1.29 is 14.7 Å². The van der Waals surface area contributed by atoms with Crippen molar-refractivity contribution in [1.29, 1.82) is 0 Å². The molecule has 1 unspecified atom stereocenters. The molecule has 2 rings (SSSR count). The quantitative estimate of drug-likeness (QED) is 0.856. The summed E-state index contributed by atoms with van der Waals surface area (Å²) >= 11 is 0. The lowest BCUT2D eigenvalue weighted by Crippen LogP contribution is -2.38. The summed E-state index contributed by atoms with van der Waals surface area (Å²) in [6.07, 6.45) is 2.44. The molecule has 3 N–H and O–H groups in total. The standard InChI is InChI=1S/C15H20N2O3/c1-2-3-12(9-16)14(18)17-7-6-10-4-5-11(15(19)20)8-13(10)17/h4-5,8,12H,2-3,6-7,9,16H2,1H3,(H,19,20). The van der Waals surface area contributed by atoms with Gasteiger partial charge in [-0.25, -0.2) is 4.79 Å². The Morgan fingerprint density at radius 1 is 1.45 bits per heavy atom. The van der Waals surface area contributed by atoms with Crippen LogP contribution >= 0.6 is 0 Å². The summed E-state index contributed by atoms with van der Waals surface area (Å²) in [6, 6.07) is 4.97. The average molecular weight is 276 g/mol. The van der Waals surface area contributed by atoms with Gasteiger partial charge in [0.1, 0.15) is 0 Å². The number of amides is 1. The molecule has 1 amide bonds. The second kappa shape index (κ2) is 6.05. The number of nitrogens with zero attached hydrogens (tertiary/aromatic N) is 1. The van der Waals surface area contributed by atoms with Gasteiger partial charge in [-0.3, -0.25) is 4.79 Å². The molecular weight excluding hydrogens is 256 g/mol. The van der Waals surface area contributed by atoms with Gasteiger partial charge in [0.15, 0.2) is 0 Å². The molecule has 1 aliphatic heterocycles. The van der Waals surface area contributed by atoms with Crippen molar-refractivity contribution in [2.24, 2.45) is 11.7 Å². The number of anilines is 1. The van der Waals surface area contributed by atoms with Gasteiger partial charge in [0.25, 0.3) is 0 Å². The highest BCUT2D eigenvalue weighted by atomic mass is 16.4. The van der Waals surface area contributed by atoms with Gasteiger partial charge >= 0.3 is 5.97 Å². The lowest BCUT2D eigenvalue weighted by Gasteiger charge is -2.23. The van der Waals surface area contributed by atoms with E-state index in [0.717, 1.165) is 30.5 Å². The number of carboxylic acid groups (broad SMARTS) is 1. The third-order valence-corrected chi connectivity index (χ3v) is 3.76. The molecule has 0 aliphatic carbocycles. The molecule has 20 heavy (non-hydrogen) atoms. The Kier molecular flexibility index (Phi) is 4.39. The summed E-state index contributed by atoms with van der Waals surface area (Å²) < 4.78 is 0. The molecule has 0 aromatic heterocycles. The normalized spacial score (nSPS) is 15.0. The number of aromatic carboxylic acids is 1. The van der Waals surface area contributed by atoms with E-state index >= 15 is 0 Å². The zero-order chi connectivity index (χ0) is 14.7. The summed E-state index contributed by atoms with van der Waals surface area (Å²) in [7, 11) is 0. The monoisotopic (exact) mass is 276 g/mol. The molecule has 0 saturated carbocycles. The van der Waals surface area contributed by atoms with Crippen LogP contribution in [0.15, 0.2) is 18.2 Å². The van der Waals surface area contributed by atoms with Crippen LogP contribution in [0.2, 0.25) is 0 Å². The second-order valence-electron chi connectivity index (χ2n) is 5.11. The van der Waals surface area contributed by atoms with Gasteiger partial charge < -0.3 is 15.7 Å². The van der Waals surface area contributed by atoms with Crippen molar-refractivity contribution in [2.75, 3.05) is 18.0 Å². The Labute approximate surface area is 118 Å². The summed E-state index contributed by atoms with van der Waals surface area (Å²) in [6.45, 7) is 2.96. The molecule has 0 bridgehead atoms. The Hall–Kier alpha value is -1.88. The van der Waals surface area contributed by atoms with E-state index in [1.54, 1.807) is 23.1 Å². The maximum absolute atomic E-state index is 12.5. The molecule has 1 atom stereocenters. The lowest BCUT2D eigenvalue weighted by atomic mass is 10.0. The fourth-order valence-corrected chi connectivity index (χ4v) is 2.65. The fourth-order valence-electron chi connectivity index (χ4n) is 2.65. The van der Waals surface area contributed by atoms with E-state index in [0.29, 0.717) is 13.1 Å². The van der Waals surface area contributed by atoms with Crippen LogP contribution in [0.3, 0.4) is 0 Å². The molecule has 108 valence electrons. The van der Waals surface area contributed by atoms with Crippen LogP contribution in [0.1, 0.15) is 35.7 Å². The Bertz CT molecular complexity index is 528. The molecule has 5 nitrogen and oxygen atoms in total. The SMILES string of the molecule is CCCC(CN)C(=O)N1CCc2ccc(C(=O)O)cc21. The third-order valence-electron chi connectivity index (χ3n) is 3.76. The zero-order valence-electron chi connectivity index (χ0n) is 11.6. The van der Waals surface area contributed by atoms with Crippen LogP contribution in [-0.2, 0) is 11.2 Å². The number of benzene rings is 1. The maximum atomic E-state index is 12.5. The van der Waals surface area contributed by atoms with Crippen LogP contribution in [-0.4, -0.2) is 30.1 Å². The molecule has 0 fully saturated rings. The van der Waals surface area contributed by atoms with Crippen molar-refractivity contribution in [3.63, 3.8) is 0 Å². The Morgan fingerprint density at radius 3 is 2.80 bits per heavy atom. The summed E-state index contributed by atoms with van der Waals surface area (Å²) in [5, 5.41) is 9.06. The Balaban J connectivity index is 2.28. The highest BCUT2D eigenvalue weighted by Crippen LogP contribution is 2.30. The molecular formula is C15H20N2O3. The van der Waals surface area contributed by atoms with E-state index in [2.05, 4.69) is 0 Å². The molecule has 1 heterocycles. The largest absolute Gasteiger partial charge is 0.478 e. The summed E-state index contributed by atoms with van der Waals surface area (Å²) in [5.41, 5.74) is 7.65. The second-order valence-corrected chi connectivity index (χ2v) is 5.11. The van der Waals surface area contributed by atoms with Gasteiger partial charge in [-0.15, -0.1) is 0 Å². The zero-order valence-corrected chi connectivity index (χ0v) is 11.6. The van der Waals surface area contributed by atoms with Gasteiger partial charge in [0.05, 0.1) is 11.5 Å². The van der Waals surface area contributed by atoms with Gasteiger partial charge in [0.2, 0.25) is 5.91 Å². The van der Waals surface area contributed by atoms with Crippen molar-refractivity contribution in [2.45, 2.75) is 26.2 Å². The molecule has 0 spiro atoms. The molecule has 0 radical (unpaired) electrons. The van der Waals surface area contributed by atoms with Crippen molar-refractivity contribution in [3.05, 3.63) is 29.3 Å². The first kappa shape index (κ1) is 14.5. The van der Waals surface area contributed by atoms with Crippen LogP contribution < -0.4 is 10.6 Å². The molecule has 0 saturated heterocycles. The maximum Gasteiger partial charge on any atom is 0.335 e. The van der Waals surface area contributed by atoms with E-state index in [1.165, 1.54) is 0 Å². The van der Waals surface area contributed by atoms with Crippen molar-refractivity contribution >= 4 is 17.6 Å². The summed E-state index contributed by atoms with van der Waals surface area (Å²) in [5.74, 6) is -1.15. The molecule has 1 aromatic carbocycles. The predicted octanol–water partition coefficient (Wildman–Crippen LogP) is 1.65. The fraction of sp³-hybridized carbons (Fsp3) is 0.467. The van der Waals surface area contributed by atoms with E-state index in [4.69, 9.17) is 10.8 Å². The number of carbonyl (C=O) groups excluding carboxylic acids is 1. The highest BCUT2D eigenvalue weighted by molar-refractivity contribution is 5.99. The minimum atomic E-state index is -0.976. The van der Waals surface area contributed by atoms with Gasteiger partial charge in [-0.05, 0) is 30.5 Å². The first-order valence-electron chi connectivity index (χ1n) is 6.96. The minimum absolute atomic E-state index is 0.00985. The van der Waals surface area contributed by atoms with Gasteiger partial charge in [-0.1, -0.05) is 19.4 Å². The highest BCUT2D eigenvalue weighted by Gasteiger charge is 2.29. The molecule has 1 aliphatic rings. The number of hydrogen-bond donors (Lipinski definition) is 2. The number of hydrogen-bond acceptors (Lipinski definition) is 3. The number of nitrogens with two attached hydrogens (primary N) is 1. The number of carbonyl (C=O) groups is 2. The van der Waals surface area contributed by atoms with E-state index in [-0.39, 0.29) is 17.4 Å². The van der Waals surface area contributed by atoms with E-state index in [1.807, 2.05) is 6.92 Å². The summed E-state index contributed by atoms with van der Waals surface area (Å²) in [4.78, 5) is 25.2. The van der Waals surface area contributed by atoms with E-state index in [9.17, 15) is 9.59 Å². The van der Waals surface area contributed by atoms with E-state index < -0.39 is 5.97 Å². The Morgan fingerprint density at radius 2 is 2.20 bits per heavy atom. The number of rotatable bonds is 5. The minimum Gasteiger partial charge on any atom is -0.478 e.